The summed E-state index contributed by atoms with van der Waals surface area (Å²) in [5.41, 5.74) is 4.08. The molecule has 110 valence electrons. The molecule has 0 spiro atoms. The molecular weight excluding hydrogens is 258 g/mol. The molecule has 2 heteroatoms. The third kappa shape index (κ3) is 3.11. The van der Waals surface area contributed by atoms with Crippen LogP contribution in [0.5, 0.6) is 5.75 Å². The Bertz CT molecular complexity index is 591. The summed E-state index contributed by atoms with van der Waals surface area (Å²) < 4.78 is 6.23. The van der Waals surface area contributed by atoms with Crippen LogP contribution in [0.3, 0.4) is 0 Å². The molecule has 0 fully saturated rings. The van der Waals surface area contributed by atoms with Crippen LogP contribution in [0.15, 0.2) is 48.5 Å². The van der Waals surface area contributed by atoms with Gasteiger partial charge in [-0.05, 0) is 62.1 Å². The molecule has 1 N–H and O–H groups in total. The quantitative estimate of drug-likeness (QED) is 0.895. The maximum atomic E-state index is 6.23. The zero-order valence-corrected chi connectivity index (χ0v) is 12.8. The monoisotopic (exact) mass is 281 g/mol. The molecular formula is C19H23NO. The van der Waals surface area contributed by atoms with Crippen molar-refractivity contribution in [3.05, 3.63) is 65.2 Å². The summed E-state index contributed by atoms with van der Waals surface area (Å²) in [4.78, 5) is 0. The molecule has 2 aromatic carbocycles. The normalized spacial score (nSPS) is 18.9. The van der Waals surface area contributed by atoms with Crippen molar-refractivity contribution in [1.82, 2.24) is 5.32 Å². The Morgan fingerprint density at radius 2 is 1.86 bits per heavy atom. The number of rotatable bonds is 4. The minimum Gasteiger partial charge on any atom is -0.486 e. The Morgan fingerprint density at radius 1 is 1.10 bits per heavy atom. The Hall–Kier alpha value is -1.80. The van der Waals surface area contributed by atoms with Gasteiger partial charge in [-0.2, -0.15) is 0 Å². The van der Waals surface area contributed by atoms with E-state index in [9.17, 15) is 0 Å². The molecule has 0 aliphatic heterocycles. The molecule has 2 aromatic rings. The van der Waals surface area contributed by atoms with E-state index in [4.69, 9.17) is 4.74 Å². The molecule has 0 heterocycles. The van der Waals surface area contributed by atoms with Crippen LogP contribution in [0.2, 0.25) is 0 Å². The van der Waals surface area contributed by atoms with Crippen LogP contribution < -0.4 is 10.1 Å². The van der Waals surface area contributed by atoms with Crippen LogP contribution in [0, 0.1) is 0 Å². The first kappa shape index (κ1) is 14.2. The van der Waals surface area contributed by atoms with Gasteiger partial charge >= 0.3 is 0 Å². The maximum Gasteiger partial charge on any atom is 0.124 e. The van der Waals surface area contributed by atoms with E-state index in [1.54, 1.807) is 0 Å². The number of ether oxygens (including phenoxy) is 1. The molecule has 2 unspecified atom stereocenters. The van der Waals surface area contributed by atoms with Crippen molar-refractivity contribution in [3.8, 4) is 5.75 Å². The van der Waals surface area contributed by atoms with Crippen molar-refractivity contribution in [3.63, 3.8) is 0 Å². The number of hydrogen-bond donors (Lipinski definition) is 1. The third-order valence-electron chi connectivity index (χ3n) is 4.41. The molecule has 2 nitrogen and oxygen atoms in total. The summed E-state index contributed by atoms with van der Waals surface area (Å²) in [6.07, 6.45) is 3.68. The maximum absolute atomic E-state index is 6.23. The molecule has 3 rings (SSSR count). The second kappa shape index (κ2) is 6.31. The first-order valence-corrected chi connectivity index (χ1v) is 7.79. The Labute approximate surface area is 127 Å². The second-order valence-electron chi connectivity index (χ2n) is 5.78. The number of hydrogen-bond acceptors (Lipinski definition) is 2. The summed E-state index contributed by atoms with van der Waals surface area (Å²) in [7, 11) is 1.98. The molecule has 0 bridgehead atoms. The summed E-state index contributed by atoms with van der Waals surface area (Å²) in [6.45, 7) is 2.16. The fourth-order valence-corrected chi connectivity index (χ4v) is 3.00. The van der Waals surface area contributed by atoms with Gasteiger partial charge < -0.3 is 10.1 Å². The van der Waals surface area contributed by atoms with Gasteiger partial charge in [0.1, 0.15) is 11.9 Å². The van der Waals surface area contributed by atoms with Crippen LogP contribution >= 0.6 is 0 Å². The van der Waals surface area contributed by atoms with E-state index >= 15 is 0 Å². The lowest BCUT2D eigenvalue weighted by atomic mass is 9.89. The molecule has 0 saturated carbocycles. The average molecular weight is 281 g/mol. The lowest BCUT2D eigenvalue weighted by Crippen LogP contribution is -2.15. The lowest BCUT2D eigenvalue weighted by molar-refractivity contribution is 0.183. The van der Waals surface area contributed by atoms with E-state index in [1.165, 1.54) is 29.5 Å². The topological polar surface area (TPSA) is 21.3 Å². The average Bonchev–Trinajstić information content (AvgIpc) is 2.55. The van der Waals surface area contributed by atoms with Gasteiger partial charge in [0, 0.05) is 6.04 Å². The van der Waals surface area contributed by atoms with E-state index in [0.29, 0.717) is 6.04 Å². The first-order chi connectivity index (χ1) is 10.3. The van der Waals surface area contributed by atoms with Crippen LogP contribution in [0.4, 0.5) is 0 Å². The SMILES string of the molecule is CNC(C)c1ccc(OC2CCCc3ccccc32)cc1. The van der Waals surface area contributed by atoms with Crippen LogP contribution in [-0.4, -0.2) is 7.05 Å². The summed E-state index contributed by atoms with van der Waals surface area (Å²) in [6, 6.07) is 17.5. The number of fused-ring (bicyclic) bond motifs is 1. The molecule has 0 radical (unpaired) electrons. The Kier molecular flexibility index (Phi) is 4.26. The molecule has 0 amide bonds. The minimum atomic E-state index is 0.197. The molecule has 1 aliphatic carbocycles. The zero-order chi connectivity index (χ0) is 14.7. The largest absolute Gasteiger partial charge is 0.486 e. The number of aryl methyl sites for hydroxylation is 1. The highest BCUT2D eigenvalue weighted by Gasteiger charge is 2.21. The van der Waals surface area contributed by atoms with Gasteiger partial charge in [0.2, 0.25) is 0 Å². The van der Waals surface area contributed by atoms with Crippen molar-refractivity contribution in [2.75, 3.05) is 7.05 Å². The van der Waals surface area contributed by atoms with Crippen molar-refractivity contribution in [2.45, 2.75) is 38.3 Å². The third-order valence-corrected chi connectivity index (χ3v) is 4.41. The summed E-state index contributed by atoms with van der Waals surface area (Å²) in [5, 5.41) is 3.25. The fourth-order valence-electron chi connectivity index (χ4n) is 3.00. The zero-order valence-electron chi connectivity index (χ0n) is 12.8. The summed E-state index contributed by atoms with van der Waals surface area (Å²) >= 11 is 0. The second-order valence-corrected chi connectivity index (χ2v) is 5.78. The molecule has 21 heavy (non-hydrogen) atoms. The Balaban J connectivity index is 1.76. The number of benzene rings is 2. The standard InChI is InChI=1S/C19H23NO/c1-14(20-2)15-10-12-17(13-11-15)21-19-9-5-7-16-6-3-4-8-18(16)19/h3-4,6,8,10-14,19-20H,5,7,9H2,1-2H3. The van der Waals surface area contributed by atoms with Crippen molar-refractivity contribution in [1.29, 1.82) is 0 Å². The van der Waals surface area contributed by atoms with Crippen LogP contribution in [0.1, 0.15) is 48.6 Å². The molecule has 1 aliphatic rings. The van der Waals surface area contributed by atoms with Crippen molar-refractivity contribution in [2.24, 2.45) is 0 Å². The Morgan fingerprint density at radius 3 is 2.62 bits per heavy atom. The summed E-state index contributed by atoms with van der Waals surface area (Å²) in [5.74, 6) is 0.962. The van der Waals surface area contributed by atoms with Crippen LogP contribution in [0.25, 0.3) is 0 Å². The van der Waals surface area contributed by atoms with Gasteiger partial charge in [-0.3, -0.25) is 0 Å². The number of nitrogens with one attached hydrogen (secondary N) is 1. The van der Waals surface area contributed by atoms with Gasteiger partial charge in [0.05, 0.1) is 0 Å². The predicted octanol–water partition coefficient (Wildman–Crippen LogP) is 4.42. The highest BCUT2D eigenvalue weighted by molar-refractivity contribution is 5.34. The molecule has 0 saturated heterocycles. The van der Waals surface area contributed by atoms with Gasteiger partial charge in [-0.25, -0.2) is 0 Å². The first-order valence-electron chi connectivity index (χ1n) is 7.79. The van der Waals surface area contributed by atoms with Crippen LogP contribution in [-0.2, 0) is 6.42 Å². The minimum absolute atomic E-state index is 0.197. The van der Waals surface area contributed by atoms with E-state index in [2.05, 4.69) is 60.8 Å². The van der Waals surface area contributed by atoms with Crippen molar-refractivity contribution >= 4 is 0 Å². The molecule has 2 atom stereocenters. The van der Waals surface area contributed by atoms with Gasteiger partial charge in [0.15, 0.2) is 0 Å². The van der Waals surface area contributed by atoms with Gasteiger partial charge in [-0.15, -0.1) is 0 Å². The lowest BCUT2D eigenvalue weighted by Gasteiger charge is -2.26. The van der Waals surface area contributed by atoms with Gasteiger partial charge in [-0.1, -0.05) is 36.4 Å². The highest BCUT2D eigenvalue weighted by Crippen LogP contribution is 2.33. The van der Waals surface area contributed by atoms with E-state index in [1.807, 2.05) is 7.05 Å². The van der Waals surface area contributed by atoms with E-state index in [0.717, 1.165) is 12.2 Å². The van der Waals surface area contributed by atoms with E-state index < -0.39 is 0 Å². The van der Waals surface area contributed by atoms with Crippen molar-refractivity contribution < 1.29 is 4.74 Å². The van der Waals surface area contributed by atoms with E-state index in [-0.39, 0.29) is 6.10 Å². The highest BCUT2D eigenvalue weighted by atomic mass is 16.5. The van der Waals surface area contributed by atoms with Gasteiger partial charge in [0.25, 0.3) is 0 Å². The fraction of sp³-hybridized carbons (Fsp3) is 0.368. The predicted molar refractivity (Wildman–Crippen MR) is 86.7 cm³/mol. The molecule has 0 aromatic heterocycles. The smallest absolute Gasteiger partial charge is 0.124 e.